The van der Waals surface area contributed by atoms with E-state index in [0.717, 1.165) is 5.56 Å². The molecule has 0 aliphatic rings. The molecular weight excluding hydrogens is 336 g/mol. The number of non-ortho nitro benzene ring substituents is 1. The topological polar surface area (TPSA) is 98.5 Å². The van der Waals surface area contributed by atoms with Gasteiger partial charge in [0.2, 0.25) is 0 Å². The van der Waals surface area contributed by atoms with Crippen molar-refractivity contribution in [2.75, 3.05) is 0 Å². The number of benzene rings is 2. The van der Waals surface area contributed by atoms with Crippen LogP contribution < -0.4 is 5.32 Å². The van der Waals surface area contributed by atoms with Crippen LogP contribution in [0.1, 0.15) is 41.4 Å². The first-order valence-electron chi connectivity index (χ1n) is 8.10. The van der Waals surface area contributed by atoms with Crippen LogP contribution in [0.25, 0.3) is 0 Å². The summed E-state index contributed by atoms with van der Waals surface area (Å²) < 4.78 is 5.32. The lowest BCUT2D eigenvalue weighted by atomic mass is 10.1. The van der Waals surface area contributed by atoms with Crippen LogP contribution in [0.4, 0.5) is 5.69 Å². The van der Waals surface area contributed by atoms with Crippen molar-refractivity contribution in [1.29, 1.82) is 0 Å². The Labute approximate surface area is 151 Å². The Morgan fingerprint density at radius 2 is 1.81 bits per heavy atom. The van der Waals surface area contributed by atoms with Crippen molar-refractivity contribution in [1.82, 2.24) is 5.32 Å². The zero-order chi connectivity index (χ0) is 19.3. The summed E-state index contributed by atoms with van der Waals surface area (Å²) in [7, 11) is 0. The number of esters is 1. The summed E-state index contributed by atoms with van der Waals surface area (Å²) in [6.45, 7) is 5.01. The molecule has 1 N–H and O–H groups in total. The molecule has 0 aliphatic heterocycles. The monoisotopic (exact) mass is 356 g/mol. The number of hydrogen-bond acceptors (Lipinski definition) is 5. The number of carbonyl (C=O) groups excluding carboxylic acids is 2. The molecule has 2 aromatic rings. The van der Waals surface area contributed by atoms with Crippen molar-refractivity contribution < 1.29 is 19.2 Å². The SMILES string of the molecule is Cc1cccc(C(=O)N[C@@H](C)C(=O)O[C@H](C)c2cccc([N+](=O)[O-])c2)c1. The molecule has 0 aromatic heterocycles. The maximum absolute atomic E-state index is 12.2. The largest absolute Gasteiger partial charge is 0.456 e. The van der Waals surface area contributed by atoms with Crippen molar-refractivity contribution in [3.8, 4) is 0 Å². The van der Waals surface area contributed by atoms with Crippen LogP contribution in [0.15, 0.2) is 48.5 Å². The number of nitrogens with one attached hydrogen (secondary N) is 1. The van der Waals surface area contributed by atoms with Crippen LogP contribution in [-0.4, -0.2) is 22.8 Å². The van der Waals surface area contributed by atoms with Crippen LogP contribution in [0.3, 0.4) is 0 Å². The van der Waals surface area contributed by atoms with Crippen LogP contribution in [0.2, 0.25) is 0 Å². The molecule has 0 saturated carbocycles. The lowest BCUT2D eigenvalue weighted by Gasteiger charge is -2.18. The Hall–Kier alpha value is -3.22. The second-order valence-corrected chi connectivity index (χ2v) is 6.00. The van der Waals surface area contributed by atoms with E-state index in [9.17, 15) is 19.7 Å². The van der Waals surface area contributed by atoms with Gasteiger partial charge in [0, 0.05) is 17.7 Å². The molecular formula is C19H20N2O5. The Bertz CT molecular complexity index is 834. The Morgan fingerprint density at radius 3 is 2.46 bits per heavy atom. The molecule has 0 aliphatic carbocycles. The predicted octanol–water partition coefficient (Wildman–Crippen LogP) is 3.33. The van der Waals surface area contributed by atoms with Gasteiger partial charge < -0.3 is 10.1 Å². The minimum Gasteiger partial charge on any atom is -0.456 e. The van der Waals surface area contributed by atoms with Crippen molar-refractivity contribution in [3.05, 3.63) is 75.3 Å². The van der Waals surface area contributed by atoms with E-state index in [1.165, 1.54) is 25.1 Å². The molecule has 0 saturated heterocycles. The molecule has 26 heavy (non-hydrogen) atoms. The molecule has 7 heteroatoms. The van der Waals surface area contributed by atoms with Crippen molar-refractivity contribution in [2.45, 2.75) is 32.9 Å². The molecule has 136 valence electrons. The zero-order valence-electron chi connectivity index (χ0n) is 14.8. The molecule has 0 fully saturated rings. The standard InChI is InChI=1S/C19H20N2O5/c1-12-6-4-8-16(10-12)18(22)20-13(2)19(23)26-14(3)15-7-5-9-17(11-15)21(24)25/h4-11,13-14H,1-3H3,(H,20,22)/t13-,14+/m0/s1. The molecule has 0 unspecified atom stereocenters. The summed E-state index contributed by atoms with van der Waals surface area (Å²) in [4.78, 5) is 34.7. The first-order chi connectivity index (χ1) is 12.3. The van der Waals surface area contributed by atoms with E-state index in [-0.39, 0.29) is 11.6 Å². The first-order valence-corrected chi connectivity index (χ1v) is 8.10. The van der Waals surface area contributed by atoms with E-state index in [1.54, 1.807) is 31.2 Å². The van der Waals surface area contributed by atoms with Gasteiger partial charge >= 0.3 is 5.97 Å². The smallest absolute Gasteiger partial charge is 0.328 e. The van der Waals surface area contributed by atoms with Gasteiger partial charge in [0.25, 0.3) is 11.6 Å². The molecule has 0 spiro atoms. The highest BCUT2D eigenvalue weighted by Crippen LogP contribution is 2.22. The molecule has 7 nitrogen and oxygen atoms in total. The number of hydrogen-bond donors (Lipinski definition) is 1. The number of rotatable bonds is 6. The van der Waals surface area contributed by atoms with Crippen LogP contribution in [-0.2, 0) is 9.53 Å². The second-order valence-electron chi connectivity index (χ2n) is 6.00. The number of amides is 1. The van der Waals surface area contributed by atoms with Crippen LogP contribution in [0.5, 0.6) is 0 Å². The molecule has 0 bridgehead atoms. The van der Waals surface area contributed by atoms with Gasteiger partial charge in [0.1, 0.15) is 12.1 Å². The molecule has 2 atom stereocenters. The van der Waals surface area contributed by atoms with E-state index < -0.39 is 23.0 Å². The molecule has 0 radical (unpaired) electrons. The summed E-state index contributed by atoms with van der Waals surface area (Å²) in [6, 6.07) is 12.0. The normalized spacial score (nSPS) is 12.7. The molecule has 0 heterocycles. The molecule has 1 amide bonds. The van der Waals surface area contributed by atoms with Crippen LogP contribution in [0, 0.1) is 17.0 Å². The average Bonchev–Trinajstić information content (AvgIpc) is 2.61. The fourth-order valence-electron chi connectivity index (χ4n) is 2.36. The zero-order valence-corrected chi connectivity index (χ0v) is 14.8. The minimum absolute atomic E-state index is 0.0776. The number of aryl methyl sites for hydroxylation is 1. The number of nitro groups is 1. The fourth-order valence-corrected chi connectivity index (χ4v) is 2.36. The summed E-state index contributed by atoms with van der Waals surface area (Å²) in [5.74, 6) is -0.994. The number of nitrogens with zero attached hydrogens (tertiary/aromatic N) is 1. The third-order valence-corrected chi connectivity index (χ3v) is 3.82. The van der Waals surface area contributed by atoms with E-state index >= 15 is 0 Å². The van der Waals surface area contributed by atoms with Crippen LogP contribution >= 0.6 is 0 Å². The van der Waals surface area contributed by atoms with Crippen molar-refractivity contribution in [3.63, 3.8) is 0 Å². The Morgan fingerprint density at radius 1 is 1.12 bits per heavy atom. The van der Waals surface area contributed by atoms with Crippen molar-refractivity contribution >= 4 is 17.6 Å². The fraction of sp³-hybridized carbons (Fsp3) is 0.263. The maximum Gasteiger partial charge on any atom is 0.328 e. The maximum atomic E-state index is 12.2. The first kappa shape index (κ1) is 19.1. The second kappa shape index (κ2) is 8.24. The van der Waals surface area contributed by atoms with Gasteiger partial charge in [-0.05, 0) is 38.5 Å². The van der Waals surface area contributed by atoms with Gasteiger partial charge in [-0.2, -0.15) is 0 Å². The van der Waals surface area contributed by atoms with Crippen molar-refractivity contribution in [2.24, 2.45) is 0 Å². The van der Waals surface area contributed by atoms with Gasteiger partial charge in [0.05, 0.1) is 4.92 Å². The average molecular weight is 356 g/mol. The third kappa shape index (κ3) is 4.89. The lowest BCUT2D eigenvalue weighted by molar-refractivity contribution is -0.385. The summed E-state index contributed by atoms with van der Waals surface area (Å²) >= 11 is 0. The Kier molecular flexibility index (Phi) is 6.06. The third-order valence-electron chi connectivity index (χ3n) is 3.82. The predicted molar refractivity (Wildman–Crippen MR) is 95.7 cm³/mol. The summed E-state index contributed by atoms with van der Waals surface area (Å²) in [6.07, 6.45) is -0.680. The number of nitro benzene ring substituents is 1. The van der Waals surface area contributed by atoms with Gasteiger partial charge in [-0.25, -0.2) is 4.79 Å². The van der Waals surface area contributed by atoms with Gasteiger partial charge in [-0.15, -0.1) is 0 Å². The summed E-state index contributed by atoms with van der Waals surface area (Å²) in [5.41, 5.74) is 1.82. The minimum atomic E-state index is -0.857. The lowest BCUT2D eigenvalue weighted by Crippen LogP contribution is -2.39. The molecule has 2 aromatic carbocycles. The highest BCUT2D eigenvalue weighted by atomic mass is 16.6. The van der Waals surface area contributed by atoms with E-state index in [2.05, 4.69) is 5.32 Å². The van der Waals surface area contributed by atoms with E-state index in [0.29, 0.717) is 11.1 Å². The van der Waals surface area contributed by atoms with Gasteiger partial charge in [-0.3, -0.25) is 14.9 Å². The van der Waals surface area contributed by atoms with Gasteiger partial charge in [0.15, 0.2) is 0 Å². The van der Waals surface area contributed by atoms with E-state index in [4.69, 9.17) is 4.74 Å². The molecule has 2 rings (SSSR count). The number of ether oxygens (including phenoxy) is 1. The summed E-state index contributed by atoms with van der Waals surface area (Å²) in [5, 5.41) is 13.4. The quantitative estimate of drug-likeness (QED) is 0.486. The Balaban J connectivity index is 1.99. The van der Waals surface area contributed by atoms with Gasteiger partial charge in [-0.1, -0.05) is 29.8 Å². The highest BCUT2D eigenvalue weighted by molar-refractivity contribution is 5.96. The number of carbonyl (C=O) groups is 2. The van der Waals surface area contributed by atoms with E-state index in [1.807, 2.05) is 13.0 Å². The highest BCUT2D eigenvalue weighted by Gasteiger charge is 2.21.